The molecule has 6 heteroatoms. The molecule has 0 saturated carbocycles. The average molecular weight is 243 g/mol. The van der Waals surface area contributed by atoms with Gasteiger partial charge in [0.2, 0.25) is 0 Å². The van der Waals surface area contributed by atoms with E-state index in [1.54, 1.807) is 0 Å². The van der Waals surface area contributed by atoms with Crippen molar-refractivity contribution in [2.45, 2.75) is 13.0 Å². The van der Waals surface area contributed by atoms with Crippen molar-refractivity contribution in [3.63, 3.8) is 0 Å². The van der Waals surface area contributed by atoms with Crippen molar-refractivity contribution in [1.82, 2.24) is 5.32 Å². The van der Waals surface area contributed by atoms with Gasteiger partial charge in [0.05, 0.1) is 7.11 Å². The number of nitrogens with one attached hydrogen (secondary N) is 1. The normalized spacial score (nSPS) is 11.8. The molecule has 17 heavy (non-hydrogen) atoms. The van der Waals surface area contributed by atoms with Crippen molar-refractivity contribution in [3.05, 3.63) is 35.4 Å². The predicted octanol–water partition coefficient (Wildman–Crippen LogP) is 1.26. The van der Waals surface area contributed by atoms with E-state index in [0.717, 1.165) is 18.2 Å². The lowest BCUT2D eigenvalue weighted by Gasteiger charge is -2.11. The van der Waals surface area contributed by atoms with Crippen molar-refractivity contribution in [3.8, 4) is 0 Å². The number of halogens is 2. The fraction of sp³-hybridized carbons (Fsp3) is 0.273. The Labute approximate surface area is 96.6 Å². The SMILES string of the molecule is COC(=O)C(C)NC(=O)c1ccc(F)c(F)c1. The lowest BCUT2D eigenvalue weighted by molar-refractivity contribution is -0.142. The minimum absolute atomic E-state index is 0.0698. The van der Waals surface area contributed by atoms with Gasteiger partial charge in [-0.05, 0) is 25.1 Å². The molecule has 1 amide bonds. The zero-order valence-electron chi connectivity index (χ0n) is 9.29. The monoisotopic (exact) mass is 243 g/mol. The molecule has 1 N–H and O–H groups in total. The van der Waals surface area contributed by atoms with Gasteiger partial charge in [-0.15, -0.1) is 0 Å². The van der Waals surface area contributed by atoms with Crippen molar-refractivity contribution < 1.29 is 23.1 Å². The molecule has 92 valence electrons. The molecule has 0 spiro atoms. The third-order valence-corrected chi connectivity index (χ3v) is 2.08. The molecule has 0 bridgehead atoms. The molecular formula is C11H11F2NO3. The van der Waals surface area contributed by atoms with Gasteiger partial charge in [0.25, 0.3) is 5.91 Å². The molecule has 0 aliphatic rings. The van der Waals surface area contributed by atoms with Crippen LogP contribution in [0.15, 0.2) is 18.2 Å². The number of hydrogen-bond acceptors (Lipinski definition) is 3. The first-order chi connectivity index (χ1) is 7.95. The Bertz CT molecular complexity index is 448. The molecule has 0 aliphatic heterocycles. The zero-order chi connectivity index (χ0) is 13.0. The van der Waals surface area contributed by atoms with Crippen LogP contribution in [0.2, 0.25) is 0 Å². The fourth-order valence-corrected chi connectivity index (χ4v) is 1.15. The third-order valence-electron chi connectivity index (χ3n) is 2.08. The number of amides is 1. The highest BCUT2D eigenvalue weighted by Gasteiger charge is 2.17. The first-order valence-electron chi connectivity index (χ1n) is 4.79. The van der Waals surface area contributed by atoms with Gasteiger partial charge in [-0.25, -0.2) is 13.6 Å². The van der Waals surface area contributed by atoms with Crippen molar-refractivity contribution in [2.75, 3.05) is 7.11 Å². The van der Waals surface area contributed by atoms with E-state index in [4.69, 9.17) is 0 Å². The van der Waals surface area contributed by atoms with Gasteiger partial charge in [-0.3, -0.25) is 4.79 Å². The zero-order valence-corrected chi connectivity index (χ0v) is 9.29. The van der Waals surface area contributed by atoms with Crippen LogP contribution in [0.1, 0.15) is 17.3 Å². The number of rotatable bonds is 3. The molecule has 0 radical (unpaired) electrons. The van der Waals surface area contributed by atoms with Crippen molar-refractivity contribution in [2.24, 2.45) is 0 Å². The van der Waals surface area contributed by atoms with Crippen molar-refractivity contribution in [1.29, 1.82) is 0 Å². The van der Waals surface area contributed by atoms with Crippen LogP contribution in [0.5, 0.6) is 0 Å². The standard InChI is InChI=1S/C11H11F2NO3/c1-6(11(16)17-2)14-10(15)7-3-4-8(12)9(13)5-7/h3-6H,1-2H3,(H,14,15). The highest BCUT2D eigenvalue weighted by molar-refractivity contribution is 5.96. The third kappa shape index (κ3) is 3.24. The second-order valence-electron chi connectivity index (χ2n) is 3.35. The highest BCUT2D eigenvalue weighted by Crippen LogP contribution is 2.08. The van der Waals surface area contributed by atoms with Crippen LogP contribution in [-0.4, -0.2) is 25.0 Å². The molecule has 0 aliphatic carbocycles. The second kappa shape index (κ2) is 5.38. The molecule has 1 rings (SSSR count). The molecule has 0 aromatic heterocycles. The van der Waals surface area contributed by atoms with Gasteiger partial charge < -0.3 is 10.1 Å². The summed E-state index contributed by atoms with van der Waals surface area (Å²) < 4.78 is 29.9. The number of methoxy groups -OCH3 is 1. The summed E-state index contributed by atoms with van der Waals surface area (Å²) in [6.07, 6.45) is 0. The topological polar surface area (TPSA) is 55.4 Å². The Hall–Kier alpha value is -1.98. The molecule has 0 saturated heterocycles. The Kier molecular flexibility index (Phi) is 4.14. The molecule has 1 atom stereocenters. The summed E-state index contributed by atoms with van der Waals surface area (Å²) in [4.78, 5) is 22.6. The molecule has 4 nitrogen and oxygen atoms in total. The first kappa shape index (κ1) is 13.1. The van der Waals surface area contributed by atoms with Gasteiger partial charge in [0, 0.05) is 5.56 Å². The largest absolute Gasteiger partial charge is 0.467 e. The highest BCUT2D eigenvalue weighted by atomic mass is 19.2. The van der Waals surface area contributed by atoms with Crippen LogP contribution in [0.3, 0.4) is 0 Å². The summed E-state index contributed by atoms with van der Waals surface area (Å²) in [5.41, 5.74) is -0.0698. The maximum atomic E-state index is 12.9. The van der Waals surface area contributed by atoms with E-state index < -0.39 is 29.6 Å². The van der Waals surface area contributed by atoms with Gasteiger partial charge in [0.15, 0.2) is 11.6 Å². The van der Waals surface area contributed by atoms with E-state index >= 15 is 0 Å². The number of benzene rings is 1. The molecule has 1 unspecified atom stereocenters. The van der Waals surface area contributed by atoms with E-state index in [-0.39, 0.29) is 5.56 Å². The fourth-order valence-electron chi connectivity index (χ4n) is 1.15. The van der Waals surface area contributed by atoms with Crippen LogP contribution in [0, 0.1) is 11.6 Å². The van der Waals surface area contributed by atoms with E-state index in [9.17, 15) is 18.4 Å². The summed E-state index contributed by atoms with van der Waals surface area (Å²) in [6.45, 7) is 1.42. The van der Waals surface area contributed by atoms with Gasteiger partial charge >= 0.3 is 5.97 Å². The van der Waals surface area contributed by atoms with Crippen LogP contribution in [0.4, 0.5) is 8.78 Å². The number of esters is 1. The molecule has 1 aromatic rings. The van der Waals surface area contributed by atoms with Gasteiger partial charge in [0.1, 0.15) is 6.04 Å². The molecule has 1 aromatic carbocycles. The number of ether oxygens (including phenoxy) is 1. The average Bonchev–Trinajstić information content (AvgIpc) is 2.31. The van der Waals surface area contributed by atoms with E-state index in [1.807, 2.05) is 0 Å². The Balaban J connectivity index is 2.76. The van der Waals surface area contributed by atoms with Crippen molar-refractivity contribution >= 4 is 11.9 Å². The smallest absolute Gasteiger partial charge is 0.328 e. The lowest BCUT2D eigenvalue weighted by atomic mass is 10.2. The van der Waals surface area contributed by atoms with E-state index in [1.165, 1.54) is 14.0 Å². The summed E-state index contributed by atoms with van der Waals surface area (Å²) in [6, 6.07) is 1.86. The summed E-state index contributed by atoms with van der Waals surface area (Å²) in [5.74, 6) is -3.46. The molecular weight excluding hydrogens is 232 g/mol. The number of carbonyl (C=O) groups excluding carboxylic acids is 2. The quantitative estimate of drug-likeness (QED) is 0.813. The summed E-state index contributed by atoms with van der Waals surface area (Å²) >= 11 is 0. The minimum Gasteiger partial charge on any atom is -0.467 e. The number of hydrogen-bond donors (Lipinski definition) is 1. The Morgan fingerprint density at radius 2 is 1.94 bits per heavy atom. The lowest BCUT2D eigenvalue weighted by Crippen LogP contribution is -2.39. The summed E-state index contributed by atoms with van der Waals surface area (Å²) in [5, 5.41) is 2.29. The van der Waals surface area contributed by atoms with Crippen LogP contribution < -0.4 is 5.32 Å². The Morgan fingerprint density at radius 1 is 1.29 bits per heavy atom. The Morgan fingerprint density at radius 3 is 2.47 bits per heavy atom. The van der Waals surface area contributed by atoms with E-state index in [2.05, 4.69) is 10.1 Å². The number of carbonyl (C=O) groups is 2. The maximum absolute atomic E-state index is 12.9. The first-order valence-corrected chi connectivity index (χ1v) is 4.79. The molecule has 0 heterocycles. The molecule has 0 fully saturated rings. The van der Waals surface area contributed by atoms with Crippen LogP contribution in [0.25, 0.3) is 0 Å². The van der Waals surface area contributed by atoms with Crippen LogP contribution in [-0.2, 0) is 9.53 Å². The van der Waals surface area contributed by atoms with E-state index in [0.29, 0.717) is 0 Å². The van der Waals surface area contributed by atoms with Crippen LogP contribution >= 0.6 is 0 Å². The summed E-state index contributed by atoms with van der Waals surface area (Å²) in [7, 11) is 1.18. The van der Waals surface area contributed by atoms with Gasteiger partial charge in [-0.2, -0.15) is 0 Å². The second-order valence-corrected chi connectivity index (χ2v) is 3.35. The van der Waals surface area contributed by atoms with Gasteiger partial charge in [-0.1, -0.05) is 0 Å². The minimum atomic E-state index is -1.12. The maximum Gasteiger partial charge on any atom is 0.328 e. The predicted molar refractivity (Wildman–Crippen MR) is 55.3 cm³/mol.